The predicted octanol–water partition coefficient (Wildman–Crippen LogP) is 4.39. The summed E-state index contributed by atoms with van der Waals surface area (Å²) in [6, 6.07) is 6.51. The van der Waals surface area contributed by atoms with Crippen LogP contribution in [0.1, 0.15) is 30.7 Å². The third-order valence-corrected chi connectivity index (χ3v) is 3.43. The summed E-state index contributed by atoms with van der Waals surface area (Å²) in [4.78, 5) is 9.92. The molecule has 1 aromatic heterocycles. The Morgan fingerprint density at radius 1 is 1.27 bits per heavy atom. The Morgan fingerprint density at radius 2 is 1.91 bits per heavy atom. The van der Waals surface area contributed by atoms with E-state index in [1.807, 2.05) is 13.8 Å². The minimum atomic E-state index is -0.406. The highest BCUT2D eigenvalue weighted by Gasteiger charge is 2.04. The monoisotopic (exact) mass is 326 g/mol. The Bertz CT molecular complexity index is 542. The average molecular weight is 327 g/mol. The van der Waals surface area contributed by atoms with Gasteiger partial charge < -0.3 is 9.88 Å². The number of rotatable bonds is 3. The Kier molecular flexibility index (Phi) is 9.96. The van der Waals surface area contributed by atoms with Crippen LogP contribution in [0, 0.1) is 19.7 Å². The molecular formula is C17H24ClFN2O. The number of carbonyl (C=O) groups is 1. The molecule has 2 rings (SSSR count). The first kappa shape index (κ1) is 20.2. The van der Waals surface area contributed by atoms with Gasteiger partial charge in [-0.3, -0.25) is 4.79 Å². The molecular weight excluding hydrogens is 303 g/mol. The summed E-state index contributed by atoms with van der Waals surface area (Å²) in [5.41, 5.74) is 3.03. The number of nitrogens with one attached hydrogen (secondary N) is 1. The van der Waals surface area contributed by atoms with Crippen molar-refractivity contribution in [2.75, 3.05) is 0 Å². The number of halogens is 2. The van der Waals surface area contributed by atoms with Gasteiger partial charge in [-0.1, -0.05) is 31.5 Å². The highest BCUT2D eigenvalue weighted by atomic mass is 35.5. The quantitative estimate of drug-likeness (QED) is 0.834. The molecule has 22 heavy (non-hydrogen) atoms. The summed E-state index contributed by atoms with van der Waals surface area (Å²) in [6.07, 6.45) is 2.58. The molecule has 122 valence electrons. The number of hydrogen-bond donors (Lipinski definition) is 1. The van der Waals surface area contributed by atoms with E-state index >= 15 is 0 Å². The molecule has 5 heteroatoms. The Morgan fingerprint density at radius 3 is 2.27 bits per heavy atom. The van der Waals surface area contributed by atoms with E-state index in [4.69, 9.17) is 11.6 Å². The van der Waals surface area contributed by atoms with Crippen molar-refractivity contribution in [3.8, 4) is 0 Å². The lowest BCUT2D eigenvalue weighted by atomic mass is 10.2. The zero-order valence-corrected chi connectivity index (χ0v) is 14.5. The van der Waals surface area contributed by atoms with Crippen LogP contribution in [-0.4, -0.2) is 11.0 Å². The maximum absolute atomic E-state index is 12.9. The fourth-order valence-electron chi connectivity index (χ4n) is 1.58. The van der Waals surface area contributed by atoms with E-state index in [0.29, 0.717) is 17.0 Å². The summed E-state index contributed by atoms with van der Waals surface area (Å²) in [7, 11) is 2.06. The van der Waals surface area contributed by atoms with Crippen LogP contribution < -0.4 is 5.32 Å². The molecule has 1 aromatic carbocycles. The SMILES string of the molecule is CC.Cc1ccn(C)c1C.O=CNCc1c(F)cccc1Cl. The van der Waals surface area contributed by atoms with Crippen molar-refractivity contribution in [3.05, 3.63) is 58.1 Å². The molecule has 0 bridgehead atoms. The topological polar surface area (TPSA) is 34.0 Å². The molecule has 0 unspecified atom stereocenters. The second kappa shape index (κ2) is 10.9. The normalized spacial score (nSPS) is 9.05. The summed E-state index contributed by atoms with van der Waals surface area (Å²) in [6.45, 7) is 8.36. The number of amides is 1. The molecule has 1 amide bonds. The largest absolute Gasteiger partial charge is 0.354 e. The van der Waals surface area contributed by atoms with E-state index in [2.05, 4.69) is 43.0 Å². The van der Waals surface area contributed by atoms with Crippen LogP contribution in [0.25, 0.3) is 0 Å². The predicted molar refractivity (Wildman–Crippen MR) is 90.5 cm³/mol. The fourth-order valence-corrected chi connectivity index (χ4v) is 1.81. The van der Waals surface area contributed by atoms with Gasteiger partial charge in [0.25, 0.3) is 0 Å². The van der Waals surface area contributed by atoms with Crippen molar-refractivity contribution in [2.24, 2.45) is 7.05 Å². The van der Waals surface area contributed by atoms with Crippen LogP contribution in [0.3, 0.4) is 0 Å². The van der Waals surface area contributed by atoms with Gasteiger partial charge >= 0.3 is 0 Å². The van der Waals surface area contributed by atoms with Crippen molar-refractivity contribution in [1.29, 1.82) is 0 Å². The van der Waals surface area contributed by atoms with E-state index in [0.717, 1.165) is 0 Å². The lowest BCUT2D eigenvalue weighted by Gasteiger charge is -2.03. The van der Waals surface area contributed by atoms with Crippen LogP contribution in [0.4, 0.5) is 4.39 Å². The maximum Gasteiger partial charge on any atom is 0.207 e. The van der Waals surface area contributed by atoms with Gasteiger partial charge in [0, 0.05) is 36.1 Å². The zero-order chi connectivity index (χ0) is 17.1. The Labute approximate surface area is 137 Å². The van der Waals surface area contributed by atoms with Gasteiger partial charge in [0.1, 0.15) is 5.82 Å². The van der Waals surface area contributed by atoms with Crippen LogP contribution >= 0.6 is 11.6 Å². The molecule has 0 saturated heterocycles. The van der Waals surface area contributed by atoms with Gasteiger partial charge in [-0.15, -0.1) is 0 Å². The smallest absolute Gasteiger partial charge is 0.207 e. The van der Waals surface area contributed by atoms with Crippen LogP contribution in [-0.2, 0) is 18.4 Å². The van der Waals surface area contributed by atoms with Gasteiger partial charge in [0.15, 0.2) is 0 Å². The highest BCUT2D eigenvalue weighted by Crippen LogP contribution is 2.18. The van der Waals surface area contributed by atoms with E-state index < -0.39 is 5.82 Å². The molecule has 0 fully saturated rings. The van der Waals surface area contributed by atoms with Crippen LogP contribution in [0.5, 0.6) is 0 Å². The van der Waals surface area contributed by atoms with Crippen LogP contribution in [0.15, 0.2) is 30.5 Å². The van der Waals surface area contributed by atoms with Crippen molar-refractivity contribution in [2.45, 2.75) is 34.2 Å². The van der Waals surface area contributed by atoms with Crippen LogP contribution in [0.2, 0.25) is 5.02 Å². The number of aromatic nitrogens is 1. The van der Waals surface area contributed by atoms with Crippen molar-refractivity contribution >= 4 is 18.0 Å². The number of carbonyl (C=O) groups excluding carboxylic acids is 1. The van der Waals surface area contributed by atoms with Gasteiger partial charge in [0.05, 0.1) is 0 Å². The third kappa shape index (κ3) is 6.31. The molecule has 1 heterocycles. The van der Waals surface area contributed by atoms with E-state index in [-0.39, 0.29) is 6.54 Å². The standard InChI is InChI=1S/C8H7ClFNO.C7H11N.C2H6/c9-7-2-1-3-8(10)6(7)4-11-5-12;1-6-4-5-8(3)7(6)2;1-2/h1-3,5H,4H2,(H,11,12);4-5H,1-3H3;1-2H3. The zero-order valence-electron chi connectivity index (χ0n) is 13.8. The van der Waals surface area contributed by atoms with Gasteiger partial charge in [-0.05, 0) is 37.6 Å². The van der Waals surface area contributed by atoms with Crippen molar-refractivity contribution < 1.29 is 9.18 Å². The fraction of sp³-hybridized carbons (Fsp3) is 0.353. The molecule has 2 aromatic rings. The van der Waals surface area contributed by atoms with Gasteiger partial charge in [-0.25, -0.2) is 4.39 Å². The van der Waals surface area contributed by atoms with Crippen molar-refractivity contribution in [1.82, 2.24) is 9.88 Å². The number of nitrogens with zero attached hydrogens (tertiary/aromatic N) is 1. The number of benzene rings is 1. The second-order valence-electron chi connectivity index (χ2n) is 4.39. The lowest BCUT2D eigenvalue weighted by Crippen LogP contribution is -2.11. The average Bonchev–Trinajstić information content (AvgIpc) is 2.81. The molecule has 0 aliphatic heterocycles. The molecule has 1 N–H and O–H groups in total. The van der Waals surface area contributed by atoms with E-state index in [9.17, 15) is 9.18 Å². The Hall–Kier alpha value is -1.81. The highest BCUT2D eigenvalue weighted by molar-refractivity contribution is 6.31. The second-order valence-corrected chi connectivity index (χ2v) is 4.80. The van der Waals surface area contributed by atoms with E-state index in [1.165, 1.54) is 23.4 Å². The lowest BCUT2D eigenvalue weighted by molar-refractivity contribution is -0.109. The summed E-state index contributed by atoms with van der Waals surface area (Å²) in [5.74, 6) is -0.406. The molecule has 0 saturated carbocycles. The van der Waals surface area contributed by atoms with Gasteiger partial charge in [0.2, 0.25) is 6.41 Å². The molecule has 0 aliphatic rings. The van der Waals surface area contributed by atoms with Gasteiger partial charge in [-0.2, -0.15) is 0 Å². The summed E-state index contributed by atoms with van der Waals surface area (Å²) >= 11 is 5.67. The third-order valence-electron chi connectivity index (χ3n) is 3.07. The first-order valence-corrected chi connectivity index (χ1v) is 7.53. The number of aryl methyl sites for hydroxylation is 2. The molecule has 0 atom stereocenters. The minimum absolute atomic E-state index is 0.120. The Balaban J connectivity index is 0.000000382. The summed E-state index contributed by atoms with van der Waals surface area (Å²) in [5, 5.41) is 2.66. The molecule has 0 radical (unpaired) electrons. The van der Waals surface area contributed by atoms with E-state index in [1.54, 1.807) is 6.07 Å². The summed E-state index contributed by atoms with van der Waals surface area (Å²) < 4.78 is 15.1. The van der Waals surface area contributed by atoms with Crippen molar-refractivity contribution in [3.63, 3.8) is 0 Å². The first-order chi connectivity index (χ1) is 10.5. The number of hydrogen-bond acceptors (Lipinski definition) is 1. The maximum atomic E-state index is 12.9. The molecule has 3 nitrogen and oxygen atoms in total. The minimum Gasteiger partial charge on any atom is -0.354 e. The first-order valence-electron chi connectivity index (χ1n) is 7.15. The molecule has 0 aliphatic carbocycles. The molecule has 0 spiro atoms.